The number of amides is 2. The zero-order valence-corrected chi connectivity index (χ0v) is 21.0. The van der Waals surface area contributed by atoms with Gasteiger partial charge in [0, 0.05) is 6.07 Å². The van der Waals surface area contributed by atoms with Gasteiger partial charge in [-0.2, -0.15) is 15.0 Å². The molecule has 1 aromatic carbocycles. The normalized spacial score (nSPS) is 19.8. The van der Waals surface area contributed by atoms with Crippen molar-refractivity contribution in [1.29, 1.82) is 0 Å². The number of cyclic esters (lactones) is 1. The van der Waals surface area contributed by atoms with Gasteiger partial charge < -0.3 is 24.8 Å². The number of aromatic nitrogens is 5. The van der Waals surface area contributed by atoms with E-state index in [1.165, 1.54) is 22.0 Å². The van der Waals surface area contributed by atoms with Crippen LogP contribution in [0, 0.1) is 11.7 Å². The van der Waals surface area contributed by atoms with Crippen LogP contribution in [0.1, 0.15) is 17.5 Å². The number of benzene rings is 1. The Morgan fingerprint density at radius 3 is 2.95 bits per heavy atom. The van der Waals surface area contributed by atoms with Crippen molar-refractivity contribution >= 4 is 23.6 Å². The lowest BCUT2D eigenvalue weighted by atomic mass is 10.1. The minimum Gasteiger partial charge on any atom is -0.491 e. The highest BCUT2D eigenvalue weighted by atomic mass is 19.1. The summed E-state index contributed by atoms with van der Waals surface area (Å²) in [5.74, 6) is 0.891. The zero-order valence-electron chi connectivity index (χ0n) is 21.0. The third-order valence-electron chi connectivity index (χ3n) is 6.84. The molecule has 1 aliphatic carbocycles. The van der Waals surface area contributed by atoms with Gasteiger partial charge in [-0.05, 0) is 55.5 Å². The van der Waals surface area contributed by atoms with Crippen molar-refractivity contribution in [2.75, 3.05) is 43.1 Å². The van der Waals surface area contributed by atoms with E-state index < -0.39 is 6.09 Å². The number of hydrogen-bond donors (Lipinski definition) is 2. The first-order valence-corrected chi connectivity index (χ1v) is 12.8. The van der Waals surface area contributed by atoms with Crippen LogP contribution in [0.15, 0.2) is 30.7 Å². The number of hydrogen-bond acceptors (Lipinski definition) is 10. The highest BCUT2D eigenvalue weighted by molar-refractivity contribution is 5.94. The Morgan fingerprint density at radius 1 is 1.21 bits per heavy atom. The number of carbonyl (C=O) groups is 2. The Bertz CT molecular complexity index is 1370. The summed E-state index contributed by atoms with van der Waals surface area (Å²) in [6, 6.07) is 3.36. The molecule has 0 bridgehead atoms. The molecule has 2 unspecified atom stereocenters. The number of halogens is 1. The van der Waals surface area contributed by atoms with Crippen molar-refractivity contribution in [3.8, 4) is 11.6 Å². The predicted molar refractivity (Wildman–Crippen MR) is 134 cm³/mol. The molecule has 204 valence electrons. The van der Waals surface area contributed by atoms with Crippen LogP contribution in [0.2, 0.25) is 0 Å². The fourth-order valence-electron chi connectivity index (χ4n) is 5.00. The molecule has 3 aromatic rings. The SMILES string of the molecule is O=C1COc2ncc(N3CC(CCNCC4Cc5cc(OCCn6nccn6)cc(F)c5C4)OC3=O)nc2N1. The number of rotatable bonds is 10. The molecular weight excluding hydrogens is 511 g/mol. The van der Waals surface area contributed by atoms with Crippen molar-refractivity contribution in [3.63, 3.8) is 0 Å². The third-order valence-corrected chi connectivity index (χ3v) is 6.84. The first kappa shape index (κ1) is 25.0. The Morgan fingerprint density at radius 2 is 2.08 bits per heavy atom. The maximum absolute atomic E-state index is 14.7. The van der Waals surface area contributed by atoms with E-state index in [-0.39, 0.29) is 47.9 Å². The fourth-order valence-corrected chi connectivity index (χ4v) is 5.00. The monoisotopic (exact) mass is 538 g/mol. The lowest BCUT2D eigenvalue weighted by Gasteiger charge is -2.18. The van der Waals surface area contributed by atoms with E-state index in [2.05, 4.69) is 30.8 Å². The van der Waals surface area contributed by atoms with Crippen LogP contribution in [0.4, 0.5) is 20.8 Å². The smallest absolute Gasteiger partial charge is 0.415 e. The second-order valence-electron chi connectivity index (χ2n) is 9.62. The lowest BCUT2D eigenvalue weighted by molar-refractivity contribution is -0.118. The minimum atomic E-state index is -0.516. The summed E-state index contributed by atoms with van der Waals surface area (Å²) in [5, 5.41) is 14.1. The van der Waals surface area contributed by atoms with Gasteiger partial charge in [-0.1, -0.05) is 0 Å². The van der Waals surface area contributed by atoms with Gasteiger partial charge in [-0.25, -0.2) is 19.2 Å². The number of fused-ring (bicyclic) bond motifs is 2. The second-order valence-corrected chi connectivity index (χ2v) is 9.62. The van der Waals surface area contributed by atoms with E-state index in [4.69, 9.17) is 14.2 Å². The largest absolute Gasteiger partial charge is 0.491 e. The average molecular weight is 539 g/mol. The second kappa shape index (κ2) is 10.8. The molecule has 2 atom stereocenters. The lowest BCUT2D eigenvalue weighted by Crippen LogP contribution is -2.30. The van der Waals surface area contributed by atoms with Gasteiger partial charge in [0.05, 0.1) is 31.7 Å². The zero-order chi connectivity index (χ0) is 26.8. The van der Waals surface area contributed by atoms with E-state index in [0.717, 1.165) is 24.1 Å². The van der Waals surface area contributed by atoms with E-state index in [1.807, 2.05) is 6.07 Å². The van der Waals surface area contributed by atoms with E-state index in [9.17, 15) is 14.0 Å². The Hall–Kier alpha value is -4.33. The first-order chi connectivity index (χ1) is 19.0. The van der Waals surface area contributed by atoms with Crippen LogP contribution in [-0.4, -0.2) is 75.9 Å². The topological polar surface area (TPSA) is 146 Å². The quantitative estimate of drug-likeness (QED) is 0.363. The van der Waals surface area contributed by atoms with Gasteiger partial charge in [0.15, 0.2) is 18.2 Å². The Kier molecular flexibility index (Phi) is 6.92. The van der Waals surface area contributed by atoms with Crippen LogP contribution in [-0.2, 0) is 28.9 Å². The van der Waals surface area contributed by atoms with Gasteiger partial charge >= 0.3 is 6.09 Å². The molecule has 3 aliphatic rings. The molecule has 13 nitrogen and oxygen atoms in total. The van der Waals surface area contributed by atoms with Crippen LogP contribution >= 0.6 is 0 Å². The van der Waals surface area contributed by atoms with Crippen LogP contribution in [0.5, 0.6) is 11.6 Å². The highest BCUT2D eigenvalue weighted by Gasteiger charge is 2.34. The number of nitrogens with zero attached hydrogens (tertiary/aromatic N) is 6. The summed E-state index contributed by atoms with van der Waals surface area (Å²) in [6.45, 7) is 2.39. The highest BCUT2D eigenvalue weighted by Crippen LogP contribution is 2.32. The molecule has 1 saturated heterocycles. The molecule has 0 radical (unpaired) electrons. The molecule has 2 aromatic heterocycles. The molecule has 14 heteroatoms. The molecular formula is C25H27FN8O5. The van der Waals surface area contributed by atoms with Crippen molar-refractivity contribution < 1.29 is 28.2 Å². The molecule has 2 aliphatic heterocycles. The maximum atomic E-state index is 14.7. The summed E-state index contributed by atoms with van der Waals surface area (Å²) in [5.41, 5.74) is 1.72. The van der Waals surface area contributed by atoms with Gasteiger partial charge in [-0.3, -0.25) is 9.69 Å². The predicted octanol–water partition coefficient (Wildman–Crippen LogP) is 1.34. The fraction of sp³-hybridized carbons (Fsp3) is 0.440. The van der Waals surface area contributed by atoms with Crippen molar-refractivity contribution in [3.05, 3.63) is 47.7 Å². The molecule has 2 N–H and O–H groups in total. The van der Waals surface area contributed by atoms with E-state index in [1.54, 1.807) is 12.4 Å². The van der Waals surface area contributed by atoms with Crippen LogP contribution < -0.4 is 25.0 Å². The Labute approximate surface area is 222 Å². The summed E-state index contributed by atoms with van der Waals surface area (Å²) in [7, 11) is 0. The molecule has 6 rings (SSSR count). The number of anilines is 2. The summed E-state index contributed by atoms with van der Waals surface area (Å²) < 4.78 is 31.1. The molecule has 39 heavy (non-hydrogen) atoms. The maximum Gasteiger partial charge on any atom is 0.415 e. The molecule has 4 heterocycles. The Balaban J connectivity index is 0.948. The number of ether oxygens (including phenoxy) is 3. The van der Waals surface area contributed by atoms with Crippen molar-refractivity contribution in [2.45, 2.75) is 31.9 Å². The summed E-state index contributed by atoms with van der Waals surface area (Å²) in [4.78, 5) is 35.3. The van der Waals surface area contributed by atoms with E-state index >= 15 is 0 Å². The standard InChI is InChI=1S/C25H27FN8O5/c26-20-10-18(37-6-5-34-29-3-4-30-34)9-16-7-15(8-19(16)20)11-27-2-1-17-13-33(25(36)39-17)21-12-28-24-23(31-21)32-22(35)14-38-24/h3-4,9-10,12,15,17,27H,1-2,5-8,11,13-14H2,(H,31,32,35). The summed E-state index contributed by atoms with van der Waals surface area (Å²) >= 11 is 0. The van der Waals surface area contributed by atoms with Crippen molar-refractivity contribution in [2.24, 2.45) is 5.92 Å². The van der Waals surface area contributed by atoms with Gasteiger partial charge in [0.2, 0.25) is 0 Å². The molecule has 0 spiro atoms. The van der Waals surface area contributed by atoms with Crippen LogP contribution in [0.25, 0.3) is 0 Å². The molecule has 2 amide bonds. The third kappa shape index (κ3) is 5.60. The van der Waals surface area contributed by atoms with E-state index in [0.29, 0.717) is 44.8 Å². The van der Waals surface area contributed by atoms with Crippen LogP contribution in [0.3, 0.4) is 0 Å². The average Bonchev–Trinajstić information content (AvgIpc) is 3.67. The molecule has 1 fully saturated rings. The minimum absolute atomic E-state index is 0.120. The molecule has 0 saturated carbocycles. The van der Waals surface area contributed by atoms with Gasteiger partial charge in [0.1, 0.15) is 24.3 Å². The first-order valence-electron chi connectivity index (χ1n) is 12.8. The van der Waals surface area contributed by atoms with Crippen molar-refractivity contribution in [1.82, 2.24) is 30.3 Å². The number of carbonyl (C=O) groups excluding carboxylic acids is 2. The van der Waals surface area contributed by atoms with Gasteiger partial charge in [-0.15, -0.1) is 0 Å². The van der Waals surface area contributed by atoms with Gasteiger partial charge in [0.25, 0.3) is 11.8 Å². The summed E-state index contributed by atoms with van der Waals surface area (Å²) in [6.07, 6.45) is 5.82. The number of nitrogens with one attached hydrogen (secondary N) is 2.